The van der Waals surface area contributed by atoms with Crippen LogP contribution in [-0.4, -0.2) is 21.6 Å². The van der Waals surface area contributed by atoms with Gasteiger partial charge in [0.25, 0.3) is 0 Å². The molecule has 0 saturated heterocycles. The topological polar surface area (TPSA) is 50.8 Å². The normalized spacial score (nSPS) is 10.8. The third kappa shape index (κ3) is 2.42. The van der Waals surface area contributed by atoms with Crippen molar-refractivity contribution in [3.8, 4) is 17.3 Å². The van der Waals surface area contributed by atoms with Crippen LogP contribution in [0.4, 0.5) is 0 Å². The number of fused-ring (bicyclic) bond motifs is 1. The summed E-state index contributed by atoms with van der Waals surface area (Å²) in [6.45, 7) is 2.54. The summed E-state index contributed by atoms with van der Waals surface area (Å²) < 4.78 is 6.54. The maximum atomic E-state index is 5.39. The van der Waals surface area contributed by atoms with Crippen molar-refractivity contribution in [3.05, 3.63) is 40.0 Å². The van der Waals surface area contributed by atoms with E-state index in [-0.39, 0.29) is 0 Å². The average Bonchev–Trinajstić information content (AvgIpc) is 2.82. The first-order valence-corrected chi connectivity index (χ1v) is 7.10. The number of imidazole rings is 1. The number of ether oxygens (including phenoxy) is 1. The second-order valence-electron chi connectivity index (χ2n) is 4.02. The molecule has 0 spiro atoms. The Bertz CT molecular complexity index is 724. The summed E-state index contributed by atoms with van der Waals surface area (Å²) in [5.41, 5.74) is 2.68. The first kappa shape index (κ1) is 12.4. The highest BCUT2D eigenvalue weighted by atomic mass is 127. The van der Waals surface area contributed by atoms with Crippen molar-refractivity contribution in [2.45, 2.75) is 6.92 Å². The molecule has 0 fully saturated rings. The highest BCUT2D eigenvalue weighted by Gasteiger charge is 2.09. The largest absolute Gasteiger partial charge is 0.478 e. The molecule has 4 nitrogen and oxygen atoms in total. The standard InChI is InChI=1S/C14H12IN3O/c1-2-19-12-8-7-11-14(17-12)18-13(16-11)9-5-3-4-6-10(9)15/h3-8H,2H2,1H3,(H,16,17,18). The predicted molar refractivity (Wildman–Crippen MR) is 83.2 cm³/mol. The number of aromatic nitrogens is 3. The first-order valence-electron chi connectivity index (χ1n) is 6.02. The maximum Gasteiger partial charge on any atom is 0.215 e. The summed E-state index contributed by atoms with van der Waals surface area (Å²) in [5, 5.41) is 0. The molecule has 0 atom stereocenters. The number of nitrogens with zero attached hydrogens (tertiary/aromatic N) is 2. The molecule has 0 unspecified atom stereocenters. The van der Waals surface area contributed by atoms with Gasteiger partial charge in [0.05, 0.1) is 12.1 Å². The molecule has 2 aromatic heterocycles. The van der Waals surface area contributed by atoms with Crippen LogP contribution in [0.1, 0.15) is 6.92 Å². The zero-order chi connectivity index (χ0) is 13.2. The van der Waals surface area contributed by atoms with E-state index < -0.39 is 0 Å². The number of hydrogen-bond acceptors (Lipinski definition) is 3. The number of H-pyrrole nitrogens is 1. The van der Waals surface area contributed by atoms with Crippen molar-refractivity contribution in [1.82, 2.24) is 15.0 Å². The summed E-state index contributed by atoms with van der Waals surface area (Å²) in [7, 11) is 0. The third-order valence-corrected chi connectivity index (χ3v) is 3.68. The van der Waals surface area contributed by atoms with E-state index in [1.54, 1.807) is 0 Å². The Balaban J connectivity index is 2.09. The van der Waals surface area contributed by atoms with E-state index in [2.05, 4.69) is 43.6 Å². The zero-order valence-corrected chi connectivity index (χ0v) is 12.5. The van der Waals surface area contributed by atoms with E-state index in [0.29, 0.717) is 18.1 Å². The molecule has 0 saturated carbocycles. The molecule has 0 radical (unpaired) electrons. The molecular formula is C14H12IN3O. The Morgan fingerprint density at radius 1 is 1.16 bits per heavy atom. The van der Waals surface area contributed by atoms with Crippen LogP contribution < -0.4 is 4.74 Å². The lowest BCUT2D eigenvalue weighted by molar-refractivity contribution is 0.328. The fourth-order valence-electron chi connectivity index (χ4n) is 1.88. The highest BCUT2D eigenvalue weighted by molar-refractivity contribution is 14.1. The molecule has 2 heterocycles. The van der Waals surface area contributed by atoms with Crippen LogP contribution in [-0.2, 0) is 0 Å². The van der Waals surface area contributed by atoms with E-state index in [0.717, 1.165) is 20.5 Å². The minimum atomic E-state index is 0.604. The van der Waals surface area contributed by atoms with Crippen molar-refractivity contribution in [2.75, 3.05) is 6.61 Å². The van der Waals surface area contributed by atoms with Gasteiger partial charge < -0.3 is 9.72 Å². The van der Waals surface area contributed by atoms with Gasteiger partial charge in [-0.1, -0.05) is 18.2 Å². The van der Waals surface area contributed by atoms with Gasteiger partial charge in [-0.05, 0) is 41.6 Å². The molecule has 1 N–H and O–H groups in total. The van der Waals surface area contributed by atoms with Crippen molar-refractivity contribution in [1.29, 1.82) is 0 Å². The molecule has 0 aliphatic heterocycles. The number of halogens is 1. The molecule has 0 bridgehead atoms. The van der Waals surface area contributed by atoms with Crippen LogP contribution in [0.3, 0.4) is 0 Å². The van der Waals surface area contributed by atoms with E-state index >= 15 is 0 Å². The zero-order valence-electron chi connectivity index (χ0n) is 10.4. The van der Waals surface area contributed by atoms with Gasteiger partial charge in [0.2, 0.25) is 5.88 Å². The number of aromatic amines is 1. The Morgan fingerprint density at radius 3 is 2.79 bits per heavy atom. The highest BCUT2D eigenvalue weighted by Crippen LogP contribution is 2.25. The van der Waals surface area contributed by atoms with E-state index in [1.165, 1.54) is 0 Å². The lowest BCUT2D eigenvalue weighted by atomic mass is 10.2. The van der Waals surface area contributed by atoms with Crippen LogP contribution >= 0.6 is 22.6 Å². The summed E-state index contributed by atoms with van der Waals surface area (Å²) in [6.07, 6.45) is 0. The van der Waals surface area contributed by atoms with E-state index in [9.17, 15) is 0 Å². The smallest absolute Gasteiger partial charge is 0.215 e. The van der Waals surface area contributed by atoms with Crippen molar-refractivity contribution in [2.24, 2.45) is 0 Å². The lowest BCUT2D eigenvalue weighted by Gasteiger charge is -1.99. The van der Waals surface area contributed by atoms with E-state index in [4.69, 9.17) is 4.74 Å². The number of benzene rings is 1. The van der Waals surface area contributed by atoms with Crippen LogP contribution in [0.15, 0.2) is 36.4 Å². The van der Waals surface area contributed by atoms with E-state index in [1.807, 2.05) is 37.3 Å². The molecule has 19 heavy (non-hydrogen) atoms. The monoisotopic (exact) mass is 365 g/mol. The SMILES string of the molecule is CCOc1ccc2[nH]c(-c3ccccc3I)nc2n1. The van der Waals surface area contributed by atoms with Gasteiger partial charge in [-0.25, -0.2) is 4.98 Å². The quantitative estimate of drug-likeness (QED) is 0.722. The van der Waals surface area contributed by atoms with Crippen LogP contribution in [0.5, 0.6) is 5.88 Å². The average molecular weight is 365 g/mol. The lowest BCUT2D eigenvalue weighted by Crippen LogP contribution is -1.93. The molecule has 96 valence electrons. The van der Waals surface area contributed by atoms with Crippen molar-refractivity contribution < 1.29 is 4.74 Å². The summed E-state index contributed by atoms with van der Waals surface area (Å²) >= 11 is 2.30. The van der Waals surface area contributed by atoms with Gasteiger partial charge in [-0.15, -0.1) is 0 Å². The molecule has 0 aliphatic carbocycles. The fourth-order valence-corrected chi connectivity index (χ4v) is 2.53. The second-order valence-corrected chi connectivity index (χ2v) is 5.18. The number of pyridine rings is 1. The number of nitrogens with one attached hydrogen (secondary N) is 1. The molecule has 5 heteroatoms. The maximum absolute atomic E-state index is 5.39. The van der Waals surface area contributed by atoms with Crippen LogP contribution in [0.2, 0.25) is 0 Å². The van der Waals surface area contributed by atoms with Crippen LogP contribution in [0, 0.1) is 3.57 Å². The minimum absolute atomic E-state index is 0.604. The molecule has 1 aromatic carbocycles. The second kappa shape index (κ2) is 5.16. The Kier molecular flexibility index (Phi) is 3.37. The Labute approximate surface area is 124 Å². The Hall–Kier alpha value is -1.63. The third-order valence-electron chi connectivity index (χ3n) is 2.74. The van der Waals surface area contributed by atoms with Gasteiger partial charge >= 0.3 is 0 Å². The fraction of sp³-hybridized carbons (Fsp3) is 0.143. The molecule has 3 aromatic rings. The van der Waals surface area contributed by atoms with Gasteiger partial charge in [0.1, 0.15) is 5.82 Å². The van der Waals surface area contributed by atoms with Crippen molar-refractivity contribution >= 4 is 33.8 Å². The van der Waals surface area contributed by atoms with Gasteiger partial charge in [0, 0.05) is 15.2 Å². The molecule has 0 aliphatic rings. The summed E-state index contributed by atoms with van der Waals surface area (Å²) in [5.74, 6) is 1.44. The summed E-state index contributed by atoms with van der Waals surface area (Å²) in [6, 6.07) is 11.9. The van der Waals surface area contributed by atoms with Gasteiger partial charge in [-0.2, -0.15) is 4.98 Å². The molecular weight excluding hydrogens is 353 g/mol. The van der Waals surface area contributed by atoms with Gasteiger partial charge in [-0.3, -0.25) is 0 Å². The first-order chi connectivity index (χ1) is 9.28. The number of hydrogen-bond donors (Lipinski definition) is 1. The number of rotatable bonds is 3. The molecule has 3 rings (SSSR count). The van der Waals surface area contributed by atoms with Crippen molar-refractivity contribution in [3.63, 3.8) is 0 Å². The minimum Gasteiger partial charge on any atom is -0.478 e. The van der Waals surface area contributed by atoms with Gasteiger partial charge in [0.15, 0.2) is 5.65 Å². The summed E-state index contributed by atoms with van der Waals surface area (Å²) in [4.78, 5) is 12.2. The molecule has 0 amide bonds. The predicted octanol–water partition coefficient (Wildman–Crippen LogP) is 3.63. The Morgan fingerprint density at radius 2 is 2.00 bits per heavy atom. The van der Waals surface area contributed by atoms with Crippen LogP contribution in [0.25, 0.3) is 22.6 Å².